The molecule has 166 valence electrons. The Labute approximate surface area is 198 Å². The second kappa shape index (κ2) is 11.3. The van der Waals surface area contributed by atoms with Crippen LogP contribution < -0.4 is 10.6 Å². The zero-order chi connectivity index (χ0) is 20.1. The van der Waals surface area contributed by atoms with E-state index in [-0.39, 0.29) is 29.9 Å². The third-order valence-electron chi connectivity index (χ3n) is 7.03. The van der Waals surface area contributed by atoms with Gasteiger partial charge in [0.15, 0.2) is 5.96 Å². The summed E-state index contributed by atoms with van der Waals surface area (Å²) in [5.41, 5.74) is 2.99. The van der Waals surface area contributed by atoms with E-state index in [0.29, 0.717) is 17.9 Å². The molecule has 0 bridgehead atoms. The fourth-order valence-corrected chi connectivity index (χ4v) is 5.36. The Morgan fingerprint density at radius 3 is 2.70 bits per heavy atom. The van der Waals surface area contributed by atoms with Crippen LogP contribution in [0.2, 0.25) is 0 Å². The molecule has 2 N–H and O–H groups in total. The Bertz CT molecular complexity index is 732. The Morgan fingerprint density at radius 2 is 1.90 bits per heavy atom. The van der Waals surface area contributed by atoms with Crippen LogP contribution in [-0.4, -0.2) is 49.5 Å². The molecule has 30 heavy (non-hydrogen) atoms. The number of rotatable bonds is 4. The summed E-state index contributed by atoms with van der Waals surface area (Å²) in [6, 6.07) is 9.15. The molecule has 6 heteroatoms. The highest BCUT2D eigenvalue weighted by Crippen LogP contribution is 2.31. The zero-order valence-electron chi connectivity index (χ0n) is 18.2. The molecule has 2 unspecified atom stereocenters. The van der Waals surface area contributed by atoms with Crippen LogP contribution in [0.5, 0.6) is 0 Å². The van der Waals surface area contributed by atoms with E-state index < -0.39 is 0 Å². The highest BCUT2D eigenvalue weighted by Gasteiger charge is 2.32. The van der Waals surface area contributed by atoms with Crippen molar-refractivity contribution in [1.82, 2.24) is 15.5 Å². The molecule has 2 aliphatic carbocycles. The number of nitrogens with zero attached hydrogens (tertiary/aromatic N) is 2. The highest BCUT2D eigenvalue weighted by atomic mass is 127. The zero-order valence-corrected chi connectivity index (χ0v) is 20.6. The molecule has 1 saturated heterocycles. The number of guanidine groups is 1. The molecule has 2 atom stereocenters. The van der Waals surface area contributed by atoms with Crippen LogP contribution in [-0.2, 0) is 11.2 Å². The van der Waals surface area contributed by atoms with Crippen LogP contribution in [0.1, 0.15) is 68.4 Å². The molecule has 1 aromatic rings. The van der Waals surface area contributed by atoms with E-state index in [9.17, 15) is 4.79 Å². The average Bonchev–Trinajstić information content (AvgIpc) is 3.25. The number of benzene rings is 1. The van der Waals surface area contributed by atoms with Gasteiger partial charge in [-0.15, -0.1) is 24.0 Å². The number of carbonyl (C=O) groups excluding carboxylic acids is 1. The summed E-state index contributed by atoms with van der Waals surface area (Å²) in [6.07, 6.45) is 10.6. The number of hydrogen-bond donors (Lipinski definition) is 2. The van der Waals surface area contributed by atoms with Gasteiger partial charge in [-0.25, -0.2) is 0 Å². The lowest BCUT2D eigenvalue weighted by atomic mass is 9.83. The van der Waals surface area contributed by atoms with Crippen LogP contribution in [0, 0.1) is 5.92 Å². The molecule has 1 saturated carbocycles. The number of likely N-dealkylation sites (tertiary alicyclic amines) is 1. The third-order valence-corrected chi connectivity index (χ3v) is 7.03. The molecule has 1 heterocycles. The lowest BCUT2D eigenvalue weighted by Gasteiger charge is -2.27. The Morgan fingerprint density at radius 1 is 1.10 bits per heavy atom. The quantitative estimate of drug-likeness (QED) is 0.355. The van der Waals surface area contributed by atoms with Gasteiger partial charge in [0.05, 0.1) is 0 Å². The molecule has 3 aliphatic rings. The van der Waals surface area contributed by atoms with E-state index in [2.05, 4.69) is 44.8 Å². The van der Waals surface area contributed by atoms with Crippen LogP contribution in [0.4, 0.5) is 0 Å². The second-order valence-electron chi connectivity index (χ2n) is 8.99. The summed E-state index contributed by atoms with van der Waals surface area (Å²) in [7, 11) is 1.84. The van der Waals surface area contributed by atoms with Crippen LogP contribution in [0.25, 0.3) is 0 Å². The van der Waals surface area contributed by atoms with Crippen molar-refractivity contribution >= 4 is 35.8 Å². The van der Waals surface area contributed by atoms with E-state index >= 15 is 0 Å². The molecule has 4 rings (SSSR count). The summed E-state index contributed by atoms with van der Waals surface area (Å²) in [5.74, 6) is 2.07. The van der Waals surface area contributed by atoms with Gasteiger partial charge in [0.1, 0.15) is 0 Å². The first-order valence-electron chi connectivity index (χ1n) is 11.6. The van der Waals surface area contributed by atoms with Crippen LogP contribution in [0.3, 0.4) is 0 Å². The molecule has 0 aromatic heterocycles. The predicted octanol–water partition coefficient (Wildman–Crippen LogP) is 4.07. The van der Waals surface area contributed by atoms with Gasteiger partial charge in [0.2, 0.25) is 5.91 Å². The van der Waals surface area contributed by atoms with Gasteiger partial charge in [-0.2, -0.15) is 0 Å². The lowest BCUT2D eigenvalue weighted by molar-refractivity contribution is -0.135. The van der Waals surface area contributed by atoms with Crippen molar-refractivity contribution in [2.24, 2.45) is 10.9 Å². The number of amides is 1. The van der Waals surface area contributed by atoms with Crippen molar-refractivity contribution < 1.29 is 4.79 Å². The van der Waals surface area contributed by atoms with Crippen molar-refractivity contribution in [3.05, 3.63) is 35.4 Å². The maximum atomic E-state index is 12.8. The highest BCUT2D eigenvalue weighted by molar-refractivity contribution is 14.0. The molecule has 0 radical (unpaired) electrons. The molecule has 2 fully saturated rings. The monoisotopic (exact) mass is 524 g/mol. The molecule has 1 amide bonds. The second-order valence-corrected chi connectivity index (χ2v) is 8.99. The van der Waals surface area contributed by atoms with Gasteiger partial charge >= 0.3 is 0 Å². The molecular formula is C24H37IN4O. The summed E-state index contributed by atoms with van der Waals surface area (Å²) in [5, 5.41) is 7.11. The smallest absolute Gasteiger partial charge is 0.225 e. The van der Waals surface area contributed by atoms with Crippen molar-refractivity contribution in [2.45, 2.75) is 69.7 Å². The maximum Gasteiger partial charge on any atom is 0.225 e. The SMILES string of the molecule is CN=C(NCC1CCCc2ccccc21)NC1CCN(C(=O)C2CCCCC2)C1.I. The first-order valence-corrected chi connectivity index (χ1v) is 11.6. The van der Waals surface area contributed by atoms with Gasteiger partial charge in [-0.3, -0.25) is 9.79 Å². The number of hydrogen-bond acceptors (Lipinski definition) is 2. The maximum absolute atomic E-state index is 12.8. The molecule has 5 nitrogen and oxygen atoms in total. The van der Waals surface area contributed by atoms with E-state index in [1.54, 1.807) is 0 Å². The molecule has 1 aromatic carbocycles. The van der Waals surface area contributed by atoms with E-state index in [1.807, 2.05) is 7.05 Å². The summed E-state index contributed by atoms with van der Waals surface area (Å²) >= 11 is 0. The lowest BCUT2D eigenvalue weighted by Crippen LogP contribution is -2.46. The largest absolute Gasteiger partial charge is 0.356 e. The fourth-order valence-electron chi connectivity index (χ4n) is 5.36. The number of aliphatic imine (C=N–C) groups is 1. The first kappa shape index (κ1) is 23.4. The van der Waals surface area contributed by atoms with Crippen molar-refractivity contribution in [2.75, 3.05) is 26.7 Å². The molecule has 0 spiro atoms. The van der Waals surface area contributed by atoms with Crippen molar-refractivity contribution in [1.29, 1.82) is 0 Å². The average molecular weight is 524 g/mol. The van der Waals surface area contributed by atoms with Crippen LogP contribution in [0.15, 0.2) is 29.3 Å². The van der Waals surface area contributed by atoms with Gasteiger partial charge in [-0.1, -0.05) is 43.5 Å². The van der Waals surface area contributed by atoms with Crippen LogP contribution >= 0.6 is 24.0 Å². The molecule has 1 aliphatic heterocycles. The number of nitrogens with one attached hydrogen (secondary N) is 2. The topological polar surface area (TPSA) is 56.7 Å². The standard InChI is InChI=1S/C24H36N4O.HI/c1-25-24(26-16-20-12-7-11-18-8-5-6-13-22(18)20)27-21-14-15-28(17-21)23(29)19-9-3-2-4-10-19;/h5-6,8,13,19-21H,2-4,7,9-12,14-17H2,1H3,(H2,25,26,27);1H. The van der Waals surface area contributed by atoms with E-state index in [0.717, 1.165) is 44.9 Å². The summed E-state index contributed by atoms with van der Waals surface area (Å²) in [4.78, 5) is 19.3. The Balaban J connectivity index is 0.00000256. The van der Waals surface area contributed by atoms with Gasteiger partial charge in [-0.05, 0) is 49.7 Å². The van der Waals surface area contributed by atoms with Crippen molar-refractivity contribution in [3.8, 4) is 0 Å². The minimum atomic E-state index is 0. The summed E-state index contributed by atoms with van der Waals surface area (Å²) in [6.45, 7) is 2.59. The Hall–Kier alpha value is -1.31. The fraction of sp³-hybridized carbons (Fsp3) is 0.667. The first-order chi connectivity index (χ1) is 14.2. The van der Waals surface area contributed by atoms with Gasteiger partial charge < -0.3 is 15.5 Å². The minimum absolute atomic E-state index is 0. The Kier molecular flexibility index (Phi) is 8.84. The number of fused-ring (bicyclic) bond motifs is 1. The molecular weight excluding hydrogens is 487 g/mol. The van der Waals surface area contributed by atoms with Gasteiger partial charge in [0, 0.05) is 44.6 Å². The summed E-state index contributed by atoms with van der Waals surface area (Å²) < 4.78 is 0. The predicted molar refractivity (Wildman–Crippen MR) is 134 cm³/mol. The number of aryl methyl sites for hydroxylation is 1. The van der Waals surface area contributed by atoms with Crippen molar-refractivity contribution in [3.63, 3.8) is 0 Å². The van der Waals surface area contributed by atoms with Gasteiger partial charge in [0.25, 0.3) is 0 Å². The number of halogens is 1. The number of carbonyl (C=O) groups is 1. The van der Waals surface area contributed by atoms with E-state index in [4.69, 9.17) is 0 Å². The minimum Gasteiger partial charge on any atom is -0.356 e. The normalized spacial score (nSPS) is 24.7. The third kappa shape index (κ3) is 5.68. The van der Waals surface area contributed by atoms with E-state index in [1.165, 1.54) is 49.7 Å².